The summed E-state index contributed by atoms with van der Waals surface area (Å²) in [5.41, 5.74) is 5.49. The Labute approximate surface area is 164 Å². The van der Waals surface area contributed by atoms with Crippen LogP contribution < -0.4 is 4.90 Å². The van der Waals surface area contributed by atoms with E-state index in [1.54, 1.807) is 12.1 Å². The highest BCUT2D eigenvalue weighted by Crippen LogP contribution is 2.36. The van der Waals surface area contributed by atoms with Crippen molar-refractivity contribution in [2.75, 3.05) is 4.90 Å². The van der Waals surface area contributed by atoms with E-state index in [2.05, 4.69) is 41.3 Å². The van der Waals surface area contributed by atoms with Crippen molar-refractivity contribution in [3.63, 3.8) is 0 Å². The number of aromatic carboxylic acids is 1. The van der Waals surface area contributed by atoms with Gasteiger partial charge in [-0.1, -0.05) is 60.7 Å². The number of benzene rings is 4. The van der Waals surface area contributed by atoms with E-state index in [1.165, 1.54) is 0 Å². The normalized spacial score (nSPS) is 10.4. The maximum atomic E-state index is 11.1. The number of hydrogen-bond acceptors (Lipinski definition) is 2. The molecular formula is C25H19NO2. The summed E-state index contributed by atoms with van der Waals surface area (Å²) in [5.74, 6) is -0.917. The van der Waals surface area contributed by atoms with Crippen molar-refractivity contribution in [2.45, 2.75) is 0 Å². The predicted octanol–water partition coefficient (Wildman–Crippen LogP) is 6.52. The molecule has 0 aromatic heterocycles. The van der Waals surface area contributed by atoms with Crippen molar-refractivity contribution in [3.05, 3.63) is 115 Å². The highest BCUT2D eigenvalue weighted by Gasteiger charge is 2.12. The second kappa shape index (κ2) is 7.80. The van der Waals surface area contributed by atoms with E-state index in [-0.39, 0.29) is 5.56 Å². The van der Waals surface area contributed by atoms with Crippen molar-refractivity contribution in [3.8, 4) is 11.1 Å². The second-order valence-electron chi connectivity index (χ2n) is 6.44. The van der Waals surface area contributed by atoms with E-state index in [4.69, 9.17) is 5.11 Å². The van der Waals surface area contributed by atoms with Gasteiger partial charge in [0.15, 0.2) is 0 Å². The third-order valence-corrected chi connectivity index (χ3v) is 4.60. The minimum Gasteiger partial charge on any atom is -0.478 e. The van der Waals surface area contributed by atoms with Crippen molar-refractivity contribution in [1.82, 2.24) is 0 Å². The minimum atomic E-state index is -0.917. The largest absolute Gasteiger partial charge is 0.478 e. The lowest BCUT2D eigenvalue weighted by atomic mass is 10.0. The van der Waals surface area contributed by atoms with E-state index >= 15 is 0 Å². The molecule has 28 heavy (non-hydrogen) atoms. The zero-order valence-corrected chi connectivity index (χ0v) is 15.2. The van der Waals surface area contributed by atoms with Crippen LogP contribution in [0.1, 0.15) is 10.4 Å². The maximum absolute atomic E-state index is 11.1. The smallest absolute Gasteiger partial charge is 0.335 e. The average Bonchev–Trinajstić information content (AvgIpc) is 2.76. The standard InChI is InChI=1S/C25H19NO2/c27-25(28)20-16-14-19(15-17-20)21-8-7-13-24(18-21)26(22-9-3-1-4-10-22)23-11-5-2-6-12-23/h1-18H,(H,27,28). The van der Waals surface area contributed by atoms with Crippen LogP contribution >= 0.6 is 0 Å². The van der Waals surface area contributed by atoms with Crippen LogP contribution in [0.5, 0.6) is 0 Å². The van der Waals surface area contributed by atoms with Crippen LogP contribution in [0.15, 0.2) is 109 Å². The molecule has 0 saturated carbocycles. The molecule has 0 bridgehead atoms. The molecule has 3 nitrogen and oxygen atoms in total. The summed E-state index contributed by atoms with van der Waals surface area (Å²) in [6.45, 7) is 0. The number of carboxylic acid groups (broad SMARTS) is 1. The van der Waals surface area contributed by atoms with Gasteiger partial charge in [-0.15, -0.1) is 0 Å². The van der Waals surface area contributed by atoms with E-state index in [0.29, 0.717) is 0 Å². The number of hydrogen-bond donors (Lipinski definition) is 1. The Morgan fingerprint density at radius 2 is 1.11 bits per heavy atom. The fraction of sp³-hybridized carbons (Fsp3) is 0. The Hall–Kier alpha value is -3.85. The van der Waals surface area contributed by atoms with Crippen LogP contribution in [0.4, 0.5) is 17.1 Å². The number of nitrogens with zero attached hydrogens (tertiary/aromatic N) is 1. The monoisotopic (exact) mass is 365 g/mol. The van der Waals surface area contributed by atoms with Crippen molar-refractivity contribution >= 4 is 23.0 Å². The van der Waals surface area contributed by atoms with Gasteiger partial charge in [-0.25, -0.2) is 4.79 Å². The van der Waals surface area contributed by atoms with E-state index in [0.717, 1.165) is 28.2 Å². The Morgan fingerprint density at radius 3 is 1.64 bits per heavy atom. The molecule has 0 radical (unpaired) electrons. The Kier molecular flexibility index (Phi) is 4.89. The summed E-state index contributed by atoms with van der Waals surface area (Å²) in [6, 6.07) is 35.7. The summed E-state index contributed by atoms with van der Waals surface area (Å²) in [4.78, 5) is 13.3. The van der Waals surface area contributed by atoms with Crippen LogP contribution in [0.25, 0.3) is 11.1 Å². The zero-order chi connectivity index (χ0) is 19.3. The molecule has 0 spiro atoms. The van der Waals surface area contributed by atoms with Crippen molar-refractivity contribution in [2.24, 2.45) is 0 Å². The Bertz CT molecular complexity index is 1030. The fourth-order valence-corrected chi connectivity index (χ4v) is 3.23. The summed E-state index contributed by atoms with van der Waals surface area (Å²) < 4.78 is 0. The van der Waals surface area contributed by atoms with Gasteiger partial charge in [-0.2, -0.15) is 0 Å². The number of carboxylic acids is 1. The molecule has 0 aliphatic carbocycles. The molecule has 0 heterocycles. The average molecular weight is 365 g/mol. The molecule has 0 aliphatic rings. The molecule has 3 heteroatoms. The Balaban J connectivity index is 1.78. The van der Waals surface area contributed by atoms with Gasteiger partial charge in [-0.3, -0.25) is 0 Å². The zero-order valence-electron chi connectivity index (χ0n) is 15.2. The van der Waals surface area contributed by atoms with Gasteiger partial charge >= 0.3 is 5.97 Å². The first kappa shape index (κ1) is 17.6. The number of anilines is 3. The van der Waals surface area contributed by atoms with E-state index < -0.39 is 5.97 Å². The highest BCUT2D eigenvalue weighted by atomic mass is 16.4. The fourth-order valence-electron chi connectivity index (χ4n) is 3.23. The van der Waals surface area contributed by atoms with Gasteiger partial charge in [0.2, 0.25) is 0 Å². The van der Waals surface area contributed by atoms with Crippen LogP contribution in [0.3, 0.4) is 0 Å². The Morgan fingerprint density at radius 1 is 0.571 bits per heavy atom. The van der Waals surface area contributed by atoms with Crippen molar-refractivity contribution in [1.29, 1.82) is 0 Å². The van der Waals surface area contributed by atoms with E-state index in [1.807, 2.05) is 60.7 Å². The second-order valence-corrected chi connectivity index (χ2v) is 6.44. The third-order valence-electron chi connectivity index (χ3n) is 4.60. The number of carbonyl (C=O) groups is 1. The molecule has 0 fully saturated rings. The van der Waals surface area contributed by atoms with Crippen molar-refractivity contribution < 1.29 is 9.90 Å². The van der Waals surface area contributed by atoms with Crippen LogP contribution in [-0.2, 0) is 0 Å². The first-order valence-corrected chi connectivity index (χ1v) is 9.06. The van der Waals surface area contributed by atoms with Gasteiger partial charge in [0.05, 0.1) is 5.56 Å². The predicted molar refractivity (Wildman–Crippen MR) is 114 cm³/mol. The summed E-state index contributed by atoms with van der Waals surface area (Å²) in [5, 5.41) is 9.11. The summed E-state index contributed by atoms with van der Waals surface area (Å²) in [7, 11) is 0. The molecule has 0 amide bonds. The SMILES string of the molecule is O=C(O)c1ccc(-c2cccc(N(c3ccccc3)c3ccccc3)c2)cc1. The van der Waals surface area contributed by atoms with Crippen LogP contribution in [-0.4, -0.2) is 11.1 Å². The molecule has 0 saturated heterocycles. The molecule has 4 aromatic rings. The minimum absolute atomic E-state index is 0.287. The van der Waals surface area contributed by atoms with Crippen LogP contribution in [0, 0.1) is 0 Å². The maximum Gasteiger partial charge on any atom is 0.335 e. The number of para-hydroxylation sites is 2. The summed E-state index contributed by atoms with van der Waals surface area (Å²) in [6.07, 6.45) is 0. The molecule has 4 rings (SSSR count). The van der Waals surface area contributed by atoms with Gasteiger partial charge < -0.3 is 10.0 Å². The number of rotatable bonds is 5. The molecular weight excluding hydrogens is 346 g/mol. The lowest BCUT2D eigenvalue weighted by Gasteiger charge is -2.25. The topological polar surface area (TPSA) is 40.5 Å². The molecule has 136 valence electrons. The molecule has 1 N–H and O–H groups in total. The molecule has 4 aromatic carbocycles. The van der Waals surface area contributed by atoms with Gasteiger partial charge in [-0.05, 0) is 59.7 Å². The highest BCUT2D eigenvalue weighted by molar-refractivity contribution is 5.88. The summed E-state index contributed by atoms with van der Waals surface area (Å²) >= 11 is 0. The van der Waals surface area contributed by atoms with Crippen LogP contribution in [0.2, 0.25) is 0 Å². The lowest BCUT2D eigenvalue weighted by molar-refractivity contribution is 0.0697. The molecule has 0 aliphatic heterocycles. The first-order valence-electron chi connectivity index (χ1n) is 9.06. The molecule has 0 atom stereocenters. The van der Waals surface area contributed by atoms with E-state index in [9.17, 15) is 4.79 Å². The van der Waals surface area contributed by atoms with Gasteiger partial charge in [0.1, 0.15) is 0 Å². The quantitative estimate of drug-likeness (QED) is 0.437. The molecule has 0 unspecified atom stereocenters. The lowest BCUT2D eigenvalue weighted by Crippen LogP contribution is -2.09. The first-order chi connectivity index (χ1) is 13.7. The van der Waals surface area contributed by atoms with Gasteiger partial charge in [0.25, 0.3) is 0 Å². The van der Waals surface area contributed by atoms with Gasteiger partial charge in [0, 0.05) is 17.1 Å². The third kappa shape index (κ3) is 3.64.